The van der Waals surface area contributed by atoms with Gasteiger partial charge in [-0.15, -0.1) is 0 Å². The summed E-state index contributed by atoms with van der Waals surface area (Å²) in [5.41, 5.74) is 3.42. The van der Waals surface area contributed by atoms with Crippen molar-refractivity contribution in [2.75, 3.05) is 20.8 Å². The molecule has 2 heterocycles. The molecule has 9 nitrogen and oxygen atoms in total. The van der Waals surface area contributed by atoms with Gasteiger partial charge in [-0.2, -0.15) is 5.10 Å². The largest absolute Gasteiger partial charge is 0.496 e. The van der Waals surface area contributed by atoms with E-state index in [-0.39, 0.29) is 17.6 Å². The van der Waals surface area contributed by atoms with Crippen molar-refractivity contribution in [3.63, 3.8) is 0 Å². The highest BCUT2D eigenvalue weighted by atomic mass is 16.5. The Morgan fingerprint density at radius 1 is 1.08 bits per heavy atom. The van der Waals surface area contributed by atoms with Crippen molar-refractivity contribution in [3.8, 4) is 11.5 Å². The number of aryl methyl sites for hydroxylation is 1. The second-order valence-electron chi connectivity index (χ2n) is 8.74. The van der Waals surface area contributed by atoms with E-state index in [0.717, 1.165) is 18.4 Å². The Balaban J connectivity index is 1.59. The summed E-state index contributed by atoms with van der Waals surface area (Å²) in [6.45, 7) is 2.48. The van der Waals surface area contributed by atoms with E-state index in [1.807, 2.05) is 25.1 Å². The van der Waals surface area contributed by atoms with Crippen LogP contribution in [-0.4, -0.2) is 57.9 Å². The van der Waals surface area contributed by atoms with Gasteiger partial charge in [0.25, 0.3) is 0 Å². The van der Waals surface area contributed by atoms with Crippen LogP contribution in [0.25, 0.3) is 11.0 Å². The van der Waals surface area contributed by atoms with Gasteiger partial charge in [-0.25, -0.2) is 4.79 Å². The molecule has 0 saturated heterocycles. The molecular weight excluding hydrogens is 474 g/mol. The lowest BCUT2D eigenvalue weighted by molar-refractivity contribution is -0.0497. The number of aliphatic hydroxyl groups excluding tert-OH is 1. The monoisotopic (exact) mass is 505 g/mol. The zero-order valence-corrected chi connectivity index (χ0v) is 21.1. The molecular formula is C28H31N3O6. The molecule has 0 bridgehead atoms. The Morgan fingerprint density at radius 3 is 2.43 bits per heavy atom. The van der Waals surface area contributed by atoms with Crippen molar-refractivity contribution in [3.05, 3.63) is 83.2 Å². The molecule has 4 aromatic rings. The first-order valence-electron chi connectivity index (χ1n) is 12.0. The Labute approximate surface area is 215 Å². The van der Waals surface area contributed by atoms with Crippen molar-refractivity contribution in [1.29, 1.82) is 0 Å². The molecule has 0 aliphatic heterocycles. The number of benzene rings is 2. The van der Waals surface area contributed by atoms with Gasteiger partial charge in [0.05, 0.1) is 32.5 Å². The number of pyridine rings is 1. The van der Waals surface area contributed by atoms with Crippen LogP contribution in [0.2, 0.25) is 0 Å². The number of hydrogen-bond acceptors (Lipinski definition) is 7. The number of fused-ring (bicyclic) bond motifs is 1. The van der Waals surface area contributed by atoms with Crippen molar-refractivity contribution in [2.45, 2.75) is 38.5 Å². The summed E-state index contributed by atoms with van der Waals surface area (Å²) in [6, 6.07) is 15.1. The zero-order valence-electron chi connectivity index (χ0n) is 21.1. The Bertz CT molecular complexity index is 1330. The maximum atomic E-state index is 11.6. The van der Waals surface area contributed by atoms with Gasteiger partial charge in [0, 0.05) is 18.4 Å². The van der Waals surface area contributed by atoms with Gasteiger partial charge in [-0.1, -0.05) is 30.3 Å². The summed E-state index contributed by atoms with van der Waals surface area (Å²) in [5.74, 6) is 0.109. The molecule has 37 heavy (non-hydrogen) atoms. The minimum absolute atomic E-state index is 0.0673. The molecule has 0 aliphatic rings. The molecule has 0 aliphatic carbocycles. The average Bonchev–Trinajstić information content (AvgIpc) is 3.33. The third-order valence-corrected chi connectivity index (χ3v) is 6.30. The maximum absolute atomic E-state index is 11.6. The van der Waals surface area contributed by atoms with Crippen LogP contribution < -0.4 is 9.47 Å². The first-order chi connectivity index (χ1) is 17.9. The number of carboxylic acids is 1. The molecule has 9 heteroatoms. The Morgan fingerprint density at radius 2 is 1.78 bits per heavy atom. The SMILES string of the molecule is COc1cc(C(O)C(Cn2cc3nccc(C(=O)O)c3n2)OCCCc2ccccc2)cc(OC)c1C. The van der Waals surface area contributed by atoms with Crippen LogP contribution in [0.15, 0.2) is 60.9 Å². The number of carboxylic acid groups (broad SMARTS) is 1. The molecule has 2 aromatic heterocycles. The molecule has 2 aromatic carbocycles. The van der Waals surface area contributed by atoms with E-state index in [9.17, 15) is 15.0 Å². The number of carbonyl (C=O) groups is 1. The number of rotatable bonds is 12. The highest BCUT2D eigenvalue weighted by molar-refractivity contribution is 6.00. The molecule has 194 valence electrons. The number of aromatic nitrogens is 3. The van der Waals surface area contributed by atoms with Crippen molar-refractivity contribution < 1.29 is 29.2 Å². The predicted molar refractivity (Wildman–Crippen MR) is 138 cm³/mol. The summed E-state index contributed by atoms with van der Waals surface area (Å²) < 4.78 is 18.7. The predicted octanol–water partition coefficient (Wildman–Crippen LogP) is 4.21. The lowest BCUT2D eigenvalue weighted by Gasteiger charge is -2.25. The van der Waals surface area contributed by atoms with Crippen LogP contribution in [0.1, 0.15) is 39.6 Å². The van der Waals surface area contributed by atoms with Crippen LogP contribution in [0.5, 0.6) is 11.5 Å². The second kappa shape index (κ2) is 11.9. The number of nitrogens with zero attached hydrogens (tertiary/aromatic N) is 3. The Kier molecular flexibility index (Phi) is 8.37. The topological polar surface area (TPSA) is 116 Å². The third-order valence-electron chi connectivity index (χ3n) is 6.30. The fourth-order valence-electron chi connectivity index (χ4n) is 4.31. The van der Waals surface area contributed by atoms with Crippen LogP contribution in [0.3, 0.4) is 0 Å². The molecule has 2 atom stereocenters. The first kappa shape index (κ1) is 26.1. The standard InChI is InChI=1S/C28H31N3O6/c1-18-23(35-2)14-20(15-24(18)36-3)27(32)25(37-13-7-10-19-8-5-4-6-9-19)17-31-16-22-26(30-31)21(28(33)34)11-12-29-22/h4-6,8-9,11-12,14-16,25,27,32H,7,10,13,17H2,1-3H3,(H,33,34). The van der Waals surface area contributed by atoms with Gasteiger partial charge in [0.2, 0.25) is 0 Å². The number of aliphatic hydroxyl groups is 1. The minimum atomic E-state index is -1.08. The minimum Gasteiger partial charge on any atom is -0.496 e. The smallest absolute Gasteiger partial charge is 0.338 e. The van der Waals surface area contributed by atoms with Crippen LogP contribution in [0, 0.1) is 6.92 Å². The van der Waals surface area contributed by atoms with Crippen LogP contribution in [-0.2, 0) is 17.7 Å². The van der Waals surface area contributed by atoms with Gasteiger partial charge in [-0.3, -0.25) is 9.67 Å². The fourth-order valence-corrected chi connectivity index (χ4v) is 4.31. The molecule has 0 amide bonds. The quantitative estimate of drug-likeness (QED) is 0.275. The summed E-state index contributed by atoms with van der Waals surface area (Å²) in [6.07, 6.45) is 2.99. The molecule has 2 N–H and O–H groups in total. The summed E-state index contributed by atoms with van der Waals surface area (Å²) in [7, 11) is 3.13. The van der Waals surface area contributed by atoms with Crippen LogP contribution in [0.4, 0.5) is 0 Å². The van der Waals surface area contributed by atoms with Crippen molar-refractivity contribution in [2.24, 2.45) is 0 Å². The van der Waals surface area contributed by atoms with E-state index in [1.165, 1.54) is 17.8 Å². The van der Waals surface area contributed by atoms with Crippen LogP contribution >= 0.6 is 0 Å². The van der Waals surface area contributed by atoms with Crippen molar-refractivity contribution in [1.82, 2.24) is 14.8 Å². The second-order valence-corrected chi connectivity index (χ2v) is 8.74. The van der Waals surface area contributed by atoms with Gasteiger partial charge in [0.1, 0.15) is 34.7 Å². The van der Waals surface area contributed by atoms with Gasteiger partial charge in [-0.05, 0) is 49.1 Å². The molecule has 2 unspecified atom stereocenters. The van der Waals surface area contributed by atoms with E-state index >= 15 is 0 Å². The number of methoxy groups -OCH3 is 2. The molecule has 0 spiro atoms. The van der Waals surface area contributed by atoms with E-state index in [4.69, 9.17) is 14.2 Å². The van der Waals surface area contributed by atoms with E-state index in [2.05, 4.69) is 22.2 Å². The maximum Gasteiger partial charge on any atom is 0.338 e. The molecule has 0 radical (unpaired) electrons. The fraction of sp³-hybridized carbons (Fsp3) is 0.321. The van der Waals surface area contributed by atoms with E-state index < -0.39 is 18.2 Å². The summed E-state index contributed by atoms with van der Waals surface area (Å²) in [4.78, 5) is 15.9. The van der Waals surface area contributed by atoms with Gasteiger partial charge < -0.3 is 24.4 Å². The van der Waals surface area contributed by atoms with E-state index in [0.29, 0.717) is 29.2 Å². The Hall–Kier alpha value is -3.95. The van der Waals surface area contributed by atoms with Gasteiger partial charge in [0.15, 0.2) is 0 Å². The van der Waals surface area contributed by atoms with Gasteiger partial charge >= 0.3 is 5.97 Å². The lowest BCUT2D eigenvalue weighted by Crippen LogP contribution is -2.28. The average molecular weight is 506 g/mol. The number of ether oxygens (including phenoxy) is 3. The number of hydrogen-bond donors (Lipinski definition) is 2. The highest BCUT2D eigenvalue weighted by Crippen LogP contribution is 2.34. The molecule has 0 fully saturated rings. The molecule has 4 rings (SSSR count). The zero-order chi connectivity index (χ0) is 26.4. The summed E-state index contributed by atoms with van der Waals surface area (Å²) in [5, 5.41) is 25.4. The first-order valence-corrected chi connectivity index (χ1v) is 12.0. The molecule has 0 saturated carbocycles. The normalized spacial score (nSPS) is 12.9. The van der Waals surface area contributed by atoms with Crippen molar-refractivity contribution >= 4 is 17.0 Å². The third kappa shape index (κ3) is 6.07. The lowest BCUT2D eigenvalue weighted by atomic mass is 10.0. The highest BCUT2D eigenvalue weighted by Gasteiger charge is 2.26. The van der Waals surface area contributed by atoms with E-state index in [1.54, 1.807) is 37.2 Å². The summed E-state index contributed by atoms with van der Waals surface area (Å²) >= 11 is 0. The number of aromatic carboxylic acids is 1.